The molecule has 3 nitrogen and oxygen atoms in total. The summed E-state index contributed by atoms with van der Waals surface area (Å²) in [4.78, 5) is 4.15. The minimum Gasteiger partial charge on any atom is -0.324 e. The van der Waals surface area contributed by atoms with Crippen molar-refractivity contribution in [1.82, 2.24) is 4.98 Å². The number of anilines is 1. The van der Waals surface area contributed by atoms with Gasteiger partial charge in [0.05, 0.1) is 0 Å². The average molecular weight is 227 g/mol. The summed E-state index contributed by atoms with van der Waals surface area (Å²) in [6.45, 7) is 0. The first-order chi connectivity index (χ1) is 6.84. The summed E-state index contributed by atoms with van der Waals surface area (Å²) in [5, 5.41) is 3.46. The van der Waals surface area contributed by atoms with E-state index in [9.17, 15) is 0 Å². The van der Waals surface area contributed by atoms with E-state index in [0.717, 1.165) is 18.0 Å². The van der Waals surface area contributed by atoms with Crippen molar-refractivity contribution in [2.75, 3.05) is 4.72 Å². The second-order valence-electron chi connectivity index (χ2n) is 3.22. The fraction of sp³-hybridized carbons (Fsp3) is 0.444. The molecule has 1 heterocycles. The van der Waals surface area contributed by atoms with Gasteiger partial charge in [-0.05, 0) is 24.8 Å². The number of nitrogens with two attached hydrogens (primary N) is 1. The van der Waals surface area contributed by atoms with Crippen molar-refractivity contribution in [1.29, 1.82) is 0 Å². The molecule has 0 saturated heterocycles. The van der Waals surface area contributed by atoms with Gasteiger partial charge in [-0.2, -0.15) is 0 Å². The molecule has 0 saturated carbocycles. The lowest BCUT2D eigenvalue weighted by Gasteiger charge is -2.19. The lowest BCUT2D eigenvalue weighted by Crippen LogP contribution is -2.23. The van der Waals surface area contributed by atoms with Gasteiger partial charge in [-0.15, -0.1) is 11.3 Å². The highest BCUT2D eigenvalue weighted by atomic mass is 32.2. The molecule has 0 amide bonds. The molecule has 0 spiro atoms. The molecule has 1 aromatic rings. The largest absolute Gasteiger partial charge is 0.324 e. The first-order valence-electron chi connectivity index (χ1n) is 4.59. The summed E-state index contributed by atoms with van der Waals surface area (Å²) >= 11 is 3.33. The Bertz CT molecular complexity index is 297. The predicted octanol–water partition coefficient (Wildman–Crippen LogP) is 2.25. The summed E-state index contributed by atoms with van der Waals surface area (Å²) in [7, 11) is 0. The van der Waals surface area contributed by atoms with Crippen LogP contribution in [-0.4, -0.2) is 16.3 Å². The first-order valence-corrected chi connectivity index (χ1v) is 6.35. The molecule has 14 heavy (non-hydrogen) atoms. The zero-order valence-electron chi connectivity index (χ0n) is 7.72. The number of nitrogens with one attached hydrogen (secondary N) is 1. The van der Waals surface area contributed by atoms with E-state index in [-0.39, 0.29) is 6.04 Å². The molecule has 0 bridgehead atoms. The molecule has 1 aromatic heterocycles. The van der Waals surface area contributed by atoms with Crippen LogP contribution in [0.1, 0.15) is 12.8 Å². The summed E-state index contributed by atoms with van der Waals surface area (Å²) in [5.74, 6) is 0. The van der Waals surface area contributed by atoms with Gasteiger partial charge in [0, 0.05) is 22.9 Å². The summed E-state index contributed by atoms with van der Waals surface area (Å²) < 4.78 is 3.24. The van der Waals surface area contributed by atoms with Gasteiger partial charge in [-0.1, -0.05) is 12.2 Å². The molecule has 0 radical (unpaired) electrons. The average Bonchev–Trinajstić information content (AvgIpc) is 2.70. The second-order valence-corrected chi connectivity index (χ2v) is 5.16. The van der Waals surface area contributed by atoms with E-state index < -0.39 is 0 Å². The summed E-state index contributed by atoms with van der Waals surface area (Å²) in [5.41, 5.74) is 5.76. The van der Waals surface area contributed by atoms with E-state index in [1.807, 2.05) is 5.38 Å². The SMILES string of the molecule is NC1C=CC(SNc2nccs2)CC1. The summed E-state index contributed by atoms with van der Waals surface area (Å²) in [6, 6.07) is 0.256. The topological polar surface area (TPSA) is 50.9 Å². The molecule has 76 valence electrons. The molecule has 1 aliphatic carbocycles. The van der Waals surface area contributed by atoms with Crippen molar-refractivity contribution in [2.45, 2.75) is 24.1 Å². The molecular formula is C9H13N3S2. The fourth-order valence-electron chi connectivity index (χ4n) is 1.31. The van der Waals surface area contributed by atoms with Gasteiger partial charge in [0.25, 0.3) is 0 Å². The number of nitrogens with zero attached hydrogens (tertiary/aromatic N) is 1. The Morgan fingerprint density at radius 3 is 3.07 bits per heavy atom. The Balaban J connectivity index is 1.79. The van der Waals surface area contributed by atoms with Crippen LogP contribution >= 0.6 is 23.3 Å². The maximum Gasteiger partial charge on any atom is 0.192 e. The lowest BCUT2D eigenvalue weighted by atomic mass is 10.0. The fourth-order valence-corrected chi connectivity index (χ4v) is 2.75. The molecule has 2 unspecified atom stereocenters. The van der Waals surface area contributed by atoms with Crippen molar-refractivity contribution in [3.8, 4) is 0 Å². The van der Waals surface area contributed by atoms with Crippen LogP contribution in [0.5, 0.6) is 0 Å². The molecule has 0 aliphatic heterocycles. The monoisotopic (exact) mass is 227 g/mol. The third-order valence-corrected chi connectivity index (χ3v) is 3.91. The van der Waals surface area contributed by atoms with Crippen molar-refractivity contribution >= 4 is 28.4 Å². The standard InChI is InChI=1S/C9H13N3S2/c10-7-1-3-8(4-2-7)14-12-9-11-5-6-13-9/h1,3,5-8H,2,4,10H2,(H,11,12). The third kappa shape index (κ3) is 2.73. The van der Waals surface area contributed by atoms with Gasteiger partial charge in [0.1, 0.15) is 0 Å². The molecular weight excluding hydrogens is 214 g/mol. The highest BCUT2D eigenvalue weighted by Crippen LogP contribution is 2.25. The Labute approximate surface area is 91.9 Å². The Hall–Kier alpha value is -0.520. The van der Waals surface area contributed by atoms with Crippen molar-refractivity contribution in [3.05, 3.63) is 23.7 Å². The van der Waals surface area contributed by atoms with Gasteiger partial charge in [-0.3, -0.25) is 0 Å². The Morgan fingerprint density at radius 2 is 2.43 bits per heavy atom. The van der Waals surface area contributed by atoms with Crippen LogP contribution in [0.2, 0.25) is 0 Å². The van der Waals surface area contributed by atoms with E-state index in [1.54, 1.807) is 29.5 Å². The summed E-state index contributed by atoms with van der Waals surface area (Å²) in [6.07, 6.45) is 8.29. The van der Waals surface area contributed by atoms with Crippen LogP contribution in [0.3, 0.4) is 0 Å². The van der Waals surface area contributed by atoms with E-state index in [4.69, 9.17) is 5.73 Å². The minimum atomic E-state index is 0.256. The van der Waals surface area contributed by atoms with Crippen LogP contribution in [0.4, 0.5) is 5.13 Å². The lowest BCUT2D eigenvalue weighted by molar-refractivity contribution is 0.653. The third-order valence-electron chi connectivity index (χ3n) is 2.09. The normalized spacial score (nSPS) is 26.4. The van der Waals surface area contributed by atoms with Gasteiger partial charge >= 0.3 is 0 Å². The van der Waals surface area contributed by atoms with Crippen molar-refractivity contribution in [2.24, 2.45) is 5.73 Å². The predicted molar refractivity (Wildman–Crippen MR) is 63.5 cm³/mol. The first kappa shape index (κ1) is 10.0. The number of rotatable bonds is 3. The van der Waals surface area contributed by atoms with E-state index in [1.165, 1.54) is 0 Å². The Kier molecular flexibility index (Phi) is 3.44. The molecule has 5 heteroatoms. The smallest absolute Gasteiger partial charge is 0.192 e. The molecule has 0 fully saturated rings. The van der Waals surface area contributed by atoms with Gasteiger partial charge < -0.3 is 10.5 Å². The van der Waals surface area contributed by atoms with Crippen LogP contribution in [0, 0.1) is 0 Å². The van der Waals surface area contributed by atoms with E-state index >= 15 is 0 Å². The number of hydrogen-bond donors (Lipinski definition) is 2. The molecule has 3 N–H and O–H groups in total. The zero-order valence-corrected chi connectivity index (χ0v) is 9.35. The van der Waals surface area contributed by atoms with Crippen molar-refractivity contribution in [3.63, 3.8) is 0 Å². The van der Waals surface area contributed by atoms with Gasteiger partial charge in [0.2, 0.25) is 0 Å². The second kappa shape index (κ2) is 4.82. The number of aromatic nitrogens is 1. The zero-order chi connectivity index (χ0) is 9.80. The van der Waals surface area contributed by atoms with E-state index in [0.29, 0.717) is 5.25 Å². The van der Waals surface area contributed by atoms with Crippen molar-refractivity contribution < 1.29 is 0 Å². The Morgan fingerprint density at radius 1 is 1.50 bits per heavy atom. The minimum absolute atomic E-state index is 0.256. The molecule has 0 aromatic carbocycles. The van der Waals surface area contributed by atoms with Gasteiger partial charge in [0.15, 0.2) is 5.13 Å². The highest BCUT2D eigenvalue weighted by Gasteiger charge is 2.13. The van der Waals surface area contributed by atoms with Gasteiger partial charge in [-0.25, -0.2) is 4.98 Å². The molecule has 2 rings (SSSR count). The maximum absolute atomic E-state index is 5.76. The maximum atomic E-state index is 5.76. The molecule has 2 atom stereocenters. The number of hydrogen-bond acceptors (Lipinski definition) is 5. The van der Waals surface area contributed by atoms with Crippen LogP contribution in [0.15, 0.2) is 23.7 Å². The molecule has 1 aliphatic rings. The number of thiazole rings is 1. The van der Waals surface area contributed by atoms with E-state index in [2.05, 4.69) is 21.9 Å². The van der Waals surface area contributed by atoms with Crippen LogP contribution in [-0.2, 0) is 0 Å². The van der Waals surface area contributed by atoms with Crippen LogP contribution < -0.4 is 10.5 Å². The van der Waals surface area contributed by atoms with Crippen LogP contribution in [0.25, 0.3) is 0 Å². The highest BCUT2D eigenvalue weighted by molar-refractivity contribution is 8.01. The quantitative estimate of drug-likeness (QED) is 0.614.